The van der Waals surface area contributed by atoms with Crippen molar-refractivity contribution in [2.24, 2.45) is 0 Å². The molecule has 202 valence electrons. The summed E-state index contributed by atoms with van der Waals surface area (Å²) in [5, 5.41) is 10.5. The molecule has 3 aromatic carbocycles. The van der Waals surface area contributed by atoms with Crippen molar-refractivity contribution in [3.63, 3.8) is 0 Å². The van der Waals surface area contributed by atoms with Gasteiger partial charge in [0.1, 0.15) is 0 Å². The van der Waals surface area contributed by atoms with Gasteiger partial charge in [0.25, 0.3) is 0 Å². The van der Waals surface area contributed by atoms with Crippen molar-refractivity contribution in [3.8, 4) is 22.3 Å². The Morgan fingerprint density at radius 2 is 1.29 bits per heavy atom. The lowest BCUT2D eigenvalue weighted by atomic mass is 9.70. The number of benzene rings is 3. The molecule has 0 atom stereocenters. The summed E-state index contributed by atoms with van der Waals surface area (Å²) in [6.45, 7) is 11.7. The molecule has 0 saturated carbocycles. The number of halogens is 3. The van der Waals surface area contributed by atoms with Crippen molar-refractivity contribution in [2.45, 2.75) is 90.0 Å². The molecule has 0 aliphatic heterocycles. The molecule has 0 fully saturated rings. The van der Waals surface area contributed by atoms with E-state index in [1.807, 2.05) is 19.9 Å². The minimum Gasteiger partial charge on any atom is -0.427 e. The van der Waals surface area contributed by atoms with Gasteiger partial charge in [0.2, 0.25) is 0 Å². The number of hydrogen-bond acceptors (Lipinski definition) is 2. The second-order valence-electron chi connectivity index (χ2n) is 11.7. The number of fused-ring (bicyclic) bond motifs is 3. The number of alkyl halides is 3. The van der Waals surface area contributed by atoms with Gasteiger partial charge in [0, 0.05) is 5.41 Å². The van der Waals surface area contributed by atoms with Crippen molar-refractivity contribution in [1.29, 1.82) is 0 Å². The zero-order valence-electron chi connectivity index (χ0n) is 23.3. The van der Waals surface area contributed by atoms with Gasteiger partial charge in [-0.1, -0.05) is 74.6 Å². The Bertz CT molecular complexity index is 1280. The van der Waals surface area contributed by atoms with Crippen LogP contribution in [0.2, 0.25) is 0 Å². The molecule has 1 N–H and O–H groups in total. The first-order valence-corrected chi connectivity index (χ1v) is 13.6. The van der Waals surface area contributed by atoms with E-state index in [1.165, 1.54) is 22.3 Å². The molecule has 0 unspecified atom stereocenters. The van der Waals surface area contributed by atoms with Gasteiger partial charge in [0.15, 0.2) is 0 Å². The van der Waals surface area contributed by atoms with E-state index < -0.39 is 22.9 Å². The van der Waals surface area contributed by atoms with Crippen LogP contribution in [0.4, 0.5) is 13.2 Å². The van der Waals surface area contributed by atoms with Crippen LogP contribution in [0, 0.1) is 0 Å². The summed E-state index contributed by atoms with van der Waals surface area (Å²) < 4.78 is 45.5. The molecule has 38 heavy (non-hydrogen) atoms. The van der Waals surface area contributed by atoms with Crippen molar-refractivity contribution >= 4 is 12.9 Å². The molecule has 0 saturated heterocycles. The smallest absolute Gasteiger partial charge is 0.416 e. The molecule has 0 heterocycles. The molecular formula is C32H38BF3O2. The topological polar surface area (TPSA) is 29.5 Å². The molecule has 6 heteroatoms. The fraction of sp³-hybridized carbons (Fsp3) is 0.438. The zero-order chi connectivity index (χ0) is 27.9. The summed E-state index contributed by atoms with van der Waals surface area (Å²) in [5.41, 5.74) is 5.23. The van der Waals surface area contributed by atoms with E-state index in [9.17, 15) is 18.3 Å². The van der Waals surface area contributed by atoms with E-state index >= 15 is 0 Å². The van der Waals surface area contributed by atoms with Crippen molar-refractivity contribution < 1.29 is 22.9 Å². The summed E-state index contributed by atoms with van der Waals surface area (Å²) >= 11 is 0. The average molecular weight is 522 g/mol. The zero-order valence-corrected chi connectivity index (χ0v) is 23.3. The molecule has 1 aliphatic rings. The minimum absolute atomic E-state index is 0.169. The molecule has 2 nitrogen and oxygen atoms in total. The van der Waals surface area contributed by atoms with Crippen LogP contribution < -0.4 is 5.46 Å². The molecule has 1 aliphatic carbocycles. The van der Waals surface area contributed by atoms with Gasteiger partial charge in [-0.05, 0) is 92.1 Å². The highest BCUT2D eigenvalue weighted by atomic mass is 19.4. The van der Waals surface area contributed by atoms with E-state index in [-0.39, 0.29) is 5.41 Å². The normalized spacial score (nSPS) is 14.8. The first kappa shape index (κ1) is 28.4. The van der Waals surface area contributed by atoms with E-state index in [4.69, 9.17) is 4.65 Å². The van der Waals surface area contributed by atoms with Crippen LogP contribution in [-0.4, -0.2) is 23.8 Å². The van der Waals surface area contributed by atoms with Gasteiger partial charge in [-0.25, -0.2) is 0 Å². The van der Waals surface area contributed by atoms with Gasteiger partial charge in [0.05, 0.1) is 16.8 Å². The summed E-state index contributed by atoms with van der Waals surface area (Å²) in [5.74, 6) is 0. The molecule has 0 spiro atoms. The van der Waals surface area contributed by atoms with Crippen LogP contribution in [0.25, 0.3) is 22.3 Å². The predicted molar refractivity (Wildman–Crippen MR) is 151 cm³/mol. The SMILES string of the molecule is CCCC1(CCC)c2cc(BOC(C)(C)C(C)(C)O)ccc2-c2ccc(-c3ccc(C(F)(F)F)cc3)cc21. The van der Waals surface area contributed by atoms with Crippen molar-refractivity contribution in [3.05, 3.63) is 77.4 Å². The Kier molecular flexibility index (Phi) is 7.63. The van der Waals surface area contributed by atoms with Gasteiger partial charge in [-0.15, -0.1) is 0 Å². The molecule has 0 amide bonds. The van der Waals surface area contributed by atoms with E-state index in [0.717, 1.165) is 54.4 Å². The lowest BCUT2D eigenvalue weighted by molar-refractivity contribution is -0.137. The molecular weight excluding hydrogens is 484 g/mol. The Balaban J connectivity index is 1.77. The Morgan fingerprint density at radius 3 is 1.82 bits per heavy atom. The van der Waals surface area contributed by atoms with Crippen LogP contribution in [0.15, 0.2) is 60.7 Å². The van der Waals surface area contributed by atoms with Crippen LogP contribution in [-0.2, 0) is 16.2 Å². The van der Waals surface area contributed by atoms with E-state index in [1.54, 1.807) is 26.0 Å². The van der Waals surface area contributed by atoms with Gasteiger partial charge < -0.3 is 9.76 Å². The maximum absolute atomic E-state index is 13.1. The van der Waals surface area contributed by atoms with Gasteiger partial charge in [-0.2, -0.15) is 13.2 Å². The first-order valence-electron chi connectivity index (χ1n) is 13.6. The van der Waals surface area contributed by atoms with Crippen LogP contribution in [0.1, 0.15) is 83.9 Å². The maximum Gasteiger partial charge on any atom is 0.416 e. The second-order valence-corrected chi connectivity index (χ2v) is 11.7. The van der Waals surface area contributed by atoms with Gasteiger partial charge >= 0.3 is 13.7 Å². The highest BCUT2D eigenvalue weighted by molar-refractivity contribution is 6.47. The minimum atomic E-state index is -4.35. The third-order valence-corrected chi connectivity index (χ3v) is 8.40. The Hall–Kier alpha value is -2.57. The van der Waals surface area contributed by atoms with Crippen LogP contribution >= 0.6 is 0 Å². The Morgan fingerprint density at radius 1 is 0.763 bits per heavy atom. The predicted octanol–water partition coefficient (Wildman–Crippen LogP) is 7.78. The maximum atomic E-state index is 13.1. The molecule has 0 bridgehead atoms. The monoisotopic (exact) mass is 522 g/mol. The lowest BCUT2D eigenvalue weighted by Gasteiger charge is -2.37. The number of hydrogen-bond donors (Lipinski definition) is 1. The average Bonchev–Trinajstić information content (AvgIpc) is 3.11. The van der Waals surface area contributed by atoms with Gasteiger partial charge in [-0.3, -0.25) is 0 Å². The quantitative estimate of drug-likeness (QED) is 0.291. The highest BCUT2D eigenvalue weighted by Crippen LogP contribution is 2.54. The third-order valence-electron chi connectivity index (χ3n) is 8.40. The van der Waals surface area contributed by atoms with Crippen molar-refractivity contribution in [2.75, 3.05) is 0 Å². The Labute approximate surface area is 225 Å². The summed E-state index contributed by atoms with van der Waals surface area (Å²) in [6, 6.07) is 18.3. The summed E-state index contributed by atoms with van der Waals surface area (Å²) in [4.78, 5) is 0. The molecule has 3 aromatic rings. The number of aliphatic hydroxyl groups is 1. The fourth-order valence-electron chi connectivity index (χ4n) is 5.62. The largest absolute Gasteiger partial charge is 0.427 e. The van der Waals surface area contributed by atoms with Crippen LogP contribution in [0.3, 0.4) is 0 Å². The fourth-order valence-corrected chi connectivity index (χ4v) is 5.62. The van der Waals surface area contributed by atoms with E-state index in [2.05, 4.69) is 44.2 Å². The summed E-state index contributed by atoms with van der Waals surface area (Å²) in [6.07, 6.45) is -0.363. The molecule has 0 aromatic heterocycles. The standard InChI is InChI=1S/C32H38BF3O2/c1-7-17-31(18-8-2)27-19-22(21-9-12-23(13-10-21)32(34,35)36)11-15-25(27)26-16-14-24(20-28(26)31)33-38-30(5,6)29(3,4)37/h9-16,19-20,33,37H,7-8,17-18H2,1-6H3. The summed E-state index contributed by atoms with van der Waals surface area (Å²) in [7, 11) is 0.395. The van der Waals surface area contributed by atoms with E-state index in [0.29, 0.717) is 7.48 Å². The van der Waals surface area contributed by atoms with Crippen molar-refractivity contribution in [1.82, 2.24) is 0 Å². The first-order chi connectivity index (χ1) is 17.7. The molecule has 4 rings (SSSR count). The van der Waals surface area contributed by atoms with Crippen LogP contribution in [0.5, 0.6) is 0 Å². The number of rotatable bonds is 9. The second kappa shape index (κ2) is 10.2. The lowest BCUT2D eigenvalue weighted by Crippen LogP contribution is -2.49. The highest BCUT2D eigenvalue weighted by Gasteiger charge is 2.42. The molecule has 0 radical (unpaired) electrons. The third kappa shape index (κ3) is 5.18.